The molecule has 2 heterocycles. The van der Waals surface area contributed by atoms with Crippen LogP contribution in [0.1, 0.15) is 62.2 Å². The van der Waals surface area contributed by atoms with Gasteiger partial charge in [-0.3, -0.25) is 5.32 Å². The first-order valence-electron chi connectivity index (χ1n) is 14.0. The average molecular weight is 670 g/mol. The van der Waals surface area contributed by atoms with E-state index in [-0.39, 0.29) is 35.3 Å². The Hall–Kier alpha value is -5.09. The van der Waals surface area contributed by atoms with Gasteiger partial charge in [0.25, 0.3) is 0 Å². The van der Waals surface area contributed by atoms with Gasteiger partial charge in [0.05, 0.1) is 11.1 Å². The summed E-state index contributed by atoms with van der Waals surface area (Å²) in [4.78, 5) is 32.8. The van der Waals surface area contributed by atoms with Crippen molar-refractivity contribution < 1.29 is 55.0 Å². The van der Waals surface area contributed by atoms with Gasteiger partial charge in [-0.05, 0) is 69.5 Å². The summed E-state index contributed by atoms with van der Waals surface area (Å²) in [5.74, 6) is -1.22. The van der Waals surface area contributed by atoms with Gasteiger partial charge < -0.3 is 24.0 Å². The number of aromatic nitrogens is 2. The zero-order chi connectivity index (χ0) is 34.6. The number of halogens is 6. The molecule has 0 unspecified atom stereocenters. The van der Waals surface area contributed by atoms with E-state index >= 15 is 0 Å². The fraction of sp³-hybridized carbons (Fsp3) is 0.367. The number of alkyl halides is 6. The minimum absolute atomic E-state index is 0.0697. The summed E-state index contributed by atoms with van der Waals surface area (Å²) < 4.78 is 97.4. The molecule has 1 saturated heterocycles. The number of hydrogen-bond acceptors (Lipinski definition) is 7. The van der Waals surface area contributed by atoms with E-state index < -0.39 is 59.7 Å². The molecule has 4 rings (SSSR count). The van der Waals surface area contributed by atoms with Gasteiger partial charge in [0.2, 0.25) is 17.7 Å². The lowest BCUT2D eigenvalue weighted by molar-refractivity contribution is -0.139. The van der Waals surface area contributed by atoms with Crippen LogP contribution in [-0.2, 0) is 17.1 Å². The van der Waals surface area contributed by atoms with Crippen LogP contribution in [0.15, 0.2) is 58.1 Å². The van der Waals surface area contributed by atoms with Crippen molar-refractivity contribution in [2.75, 3.05) is 13.2 Å². The number of hydrogen-bond donors (Lipinski definition) is 2. The molecule has 1 fully saturated rings. The lowest BCUT2D eigenvalue weighted by atomic mass is 10.1. The number of carbonyl (C=O) groups excluding carboxylic acids is 1. The van der Waals surface area contributed by atoms with Crippen LogP contribution >= 0.6 is 0 Å². The first-order chi connectivity index (χ1) is 21.9. The molecular formula is C30H29F6N5O6. The first-order valence-corrected chi connectivity index (χ1v) is 14.0. The van der Waals surface area contributed by atoms with E-state index in [1.807, 2.05) is 0 Å². The number of ether oxygens (including phenoxy) is 2. The molecule has 1 aromatic heterocycles. The van der Waals surface area contributed by atoms with Crippen molar-refractivity contribution in [1.29, 1.82) is 0 Å². The molecule has 0 spiro atoms. The summed E-state index contributed by atoms with van der Waals surface area (Å²) in [7, 11) is 0. The smallest absolute Gasteiger partial charge is 0.434 e. The van der Waals surface area contributed by atoms with Crippen LogP contribution in [-0.4, -0.2) is 57.0 Å². The molecule has 1 atom stereocenters. The Morgan fingerprint density at radius 1 is 1.09 bits per heavy atom. The third kappa shape index (κ3) is 9.23. The fourth-order valence-electron chi connectivity index (χ4n) is 4.64. The van der Waals surface area contributed by atoms with Gasteiger partial charge in [0.15, 0.2) is 0 Å². The molecule has 0 aliphatic carbocycles. The summed E-state index contributed by atoms with van der Waals surface area (Å²) in [6.45, 7) is 4.60. The van der Waals surface area contributed by atoms with Crippen molar-refractivity contribution in [3.63, 3.8) is 0 Å². The zero-order valence-electron chi connectivity index (χ0n) is 25.1. The predicted octanol–water partition coefficient (Wildman–Crippen LogP) is 7.56. The Morgan fingerprint density at radius 2 is 1.79 bits per heavy atom. The summed E-state index contributed by atoms with van der Waals surface area (Å²) in [6, 6.07) is 6.95. The highest BCUT2D eigenvalue weighted by molar-refractivity contribution is 5.98. The number of guanidine groups is 1. The van der Waals surface area contributed by atoms with Gasteiger partial charge in [-0.15, -0.1) is 4.99 Å². The molecule has 3 aromatic rings. The van der Waals surface area contributed by atoms with E-state index in [2.05, 4.69) is 20.4 Å². The number of aliphatic imine (C=N–C) groups is 1. The van der Waals surface area contributed by atoms with E-state index in [1.165, 1.54) is 29.2 Å². The normalized spacial score (nSPS) is 16.1. The highest BCUT2D eigenvalue weighted by atomic mass is 19.4. The summed E-state index contributed by atoms with van der Waals surface area (Å²) in [5.41, 5.74) is -3.25. The SMILES string of the molecule is CC(C)(C)OC(=O)N/C(=N\C(=O)O)N1CCC[C@H]1c1nc(-c2ccc(OC/C=C/c3ccccc3C(F)(F)F)c(C(F)(F)F)c2)no1. The van der Waals surface area contributed by atoms with Crippen LogP contribution in [0.3, 0.4) is 0 Å². The van der Waals surface area contributed by atoms with Gasteiger partial charge in [0, 0.05) is 12.1 Å². The quantitative estimate of drug-likeness (QED) is 0.155. The van der Waals surface area contributed by atoms with E-state index in [0.29, 0.717) is 12.8 Å². The predicted molar refractivity (Wildman–Crippen MR) is 154 cm³/mol. The molecule has 2 aromatic carbocycles. The van der Waals surface area contributed by atoms with Crippen molar-refractivity contribution in [1.82, 2.24) is 20.4 Å². The van der Waals surface area contributed by atoms with Crippen molar-refractivity contribution >= 4 is 24.2 Å². The molecule has 2 amide bonds. The van der Waals surface area contributed by atoms with Crippen LogP contribution in [0.5, 0.6) is 5.75 Å². The highest BCUT2D eigenvalue weighted by Crippen LogP contribution is 2.39. The molecule has 2 N–H and O–H groups in total. The molecule has 1 aliphatic rings. The highest BCUT2D eigenvalue weighted by Gasteiger charge is 2.37. The number of benzene rings is 2. The van der Waals surface area contributed by atoms with Crippen LogP contribution < -0.4 is 10.1 Å². The Balaban J connectivity index is 1.53. The topological polar surface area (TPSA) is 139 Å². The Bertz CT molecular complexity index is 1660. The molecule has 47 heavy (non-hydrogen) atoms. The number of nitrogens with zero attached hydrogens (tertiary/aromatic N) is 4. The van der Waals surface area contributed by atoms with Gasteiger partial charge in [-0.1, -0.05) is 29.4 Å². The fourth-order valence-corrected chi connectivity index (χ4v) is 4.64. The van der Waals surface area contributed by atoms with Crippen molar-refractivity contribution in [3.8, 4) is 17.1 Å². The van der Waals surface area contributed by atoms with Crippen LogP contribution in [0, 0.1) is 0 Å². The molecule has 1 aliphatic heterocycles. The van der Waals surface area contributed by atoms with Crippen molar-refractivity contribution in [3.05, 3.63) is 71.1 Å². The second-order valence-electron chi connectivity index (χ2n) is 11.2. The van der Waals surface area contributed by atoms with E-state index in [4.69, 9.17) is 14.0 Å². The molecule has 17 heteroatoms. The van der Waals surface area contributed by atoms with Gasteiger partial charge >= 0.3 is 24.5 Å². The Labute approximate surface area is 263 Å². The maximum absolute atomic E-state index is 14.0. The molecule has 0 saturated carbocycles. The van der Waals surface area contributed by atoms with Crippen LogP contribution in [0.4, 0.5) is 35.9 Å². The lowest BCUT2D eigenvalue weighted by Gasteiger charge is -2.26. The second kappa shape index (κ2) is 13.7. The first kappa shape index (κ1) is 34.8. The minimum atomic E-state index is -4.89. The molecule has 0 bridgehead atoms. The third-order valence-corrected chi connectivity index (χ3v) is 6.51. The standard InChI is InChI=1S/C30H29F6N5O6/c1-28(2,3)46-27(44)39-25(38-26(42)43)41-14-6-11-21(41)24-37-23(40-47-24)18-12-13-22(20(16-18)30(34,35)36)45-15-7-9-17-8-4-5-10-19(17)29(31,32)33/h4-5,7-10,12-13,16,21H,6,11,14-15H2,1-3H3,(H,42,43)(H,38,39,44)/b9-7+/t21-/m0/s1. The van der Waals surface area contributed by atoms with Crippen molar-refractivity contribution in [2.24, 2.45) is 4.99 Å². The lowest BCUT2D eigenvalue weighted by Crippen LogP contribution is -2.46. The molecule has 252 valence electrons. The summed E-state index contributed by atoms with van der Waals surface area (Å²) >= 11 is 0. The largest absolute Gasteiger partial charge is 0.489 e. The minimum Gasteiger partial charge on any atom is -0.489 e. The Morgan fingerprint density at radius 3 is 2.45 bits per heavy atom. The molecule has 11 nitrogen and oxygen atoms in total. The van der Waals surface area contributed by atoms with Gasteiger partial charge in [-0.2, -0.15) is 31.3 Å². The van der Waals surface area contributed by atoms with Crippen LogP contribution in [0.25, 0.3) is 17.5 Å². The second-order valence-corrected chi connectivity index (χ2v) is 11.2. The Kier molecular flexibility index (Phi) is 10.2. The number of rotatable bonds is 6. The maximum atomic E-state index is 14.0. The maximum Gasteiger partial charge on any atom is 0.434 e. The van der Waals surface area contributed by atoms with E-state index in [0.717, 1.165) is 30.4 Å². The van der Waals surface area contributed by atoms with E-state index in [1.54, 1.807) is 20.8 Å². The number of carboxylic acid groups (broad SMARTS) is 1. The average Bonchev–Trinajstić information content (AvgIpc) is 3.63. The monoisotopic (exact) mass is 669 g/mol. The van der Waals surface area contributed by atoms with E-state index in [9.17, 15) is 41.0 Å². The number of amides is 2. The summed E-state index contributed by atoms with van der Waals surface area (Å²) in [5, 5.41) is 15.4. The van der Waals surface area contributed by atoms with Gasteiger partial charge in [0.1, 0.15) is 24.0 Å². The number of carbonyl (C=O) groups is 2. The number of alkyl carbamates (subject to hydrolysis) is 1. The zero-order valence-corrected chi connectivity index (χ0v) is 25.1. The van der Waals surface area contributed by atoms with Gasteiger partial charge in [-0.25, -0.2) is 9.59 Å². The molecular weight excluding hydrogens is 640 g/mol. The third-order valence-electron chi connectivity index (χ3n) is 6.51. The molecule has 0 radical (unpaired) electrons. The summed E-state index contributed by atoms with van der Waals surface area (Å²) in [6.07, 6.45) is -8.94. The van der Waals surface area contributed by atoms with Crippen molar-refractivity contribution in [2.45, 2.75) is 57.6 Å². The number of likely N-dealkylation sites (tertiary alicyclic amines) is 1. The van der Waals surface area contributed by atoms with Crippen LogP contribution in [0.2, 0.25) is 0 Å². The number of nitrogens with one attached hydrogen (secondary N) is 1.